The molecule has 1 aromatic heterocycles. The molecule has 1 fully saturated rings. The number of hydrogen-bond donors (Lipinski definition) is 2. The predicted octanol–water partition coefficient (Wildman–Crippen LogP) is 3.62. The van der Waals surface area contributed by atoms with Gasteiger partial charge in [0, 0.05) is 24.3 Å². The Morgan fingerprint density at radius 2 is 1.89 bits per heavy atom. The molecule has 2 heterocycles. The Balaban J connectivity index is 1.68. The van der Waals surface area contributed by atoms with Crippen LogP contribution >= 0.6 is 22.9 Å². The third-order valence-electron chi connectivity index (χ3n) is 4.91. The van der Waals surface area contributed by atoms with Gasteiger partial charge in [0.25, 0.3) is 11.8 Å². The summed E-state index contributed by atoms with van der Waals surface area (Å²) in [4.78, 5) is 51.9. The number of halogens is 1. The molecule has 0 saturated carbocycles. The van der Waals surface area contributed by atoms with Crippen molar-refractivity contribution >= 4 is 58.0 Å². The van der Waals surface area contributed by atoms with Gasteiger partial charge in [-0.1, -0.05) is 11.6 Å². The highest BCUT2D eigenvalue weighted by molar-refractivity contribution is 7.18. The van der Waals surface area contributed by atoms with E-state index in [1.165, 1.54) is 0 Å². The highest BCUT2D eigenvalue weighted by atomic mass is 35.5. The number of rotatable bonds is 8. The quantitative estimate of drug-likeness (QED) is 0.513. The van der Waals surface area contributed by atoms with E-state index in [9.17, 15) is 19.2 Å². The summed E-state index contributed by atoms with van der Waals surface area (Å²) >= 11 is 7.01. The Morgan fingerprint density at radius 1 is 1.17 bits per heavy atom. The van der Waals surface area contributed by atoms with Gasteiger partial charge < -0.3 is 25.0 Å². The number of thiophene rings is 1. The van der Waals surface area contributed by atoms with E-state index in [2.05, 4.69) is 10.6 Å². The van der Waals surface area contributed by atoms with Gasteiger partial charge in [-0.3, -0.25) is 19.2 Å². The number of esters is 1. The summed E-state index contributed by atoms with van der Waals surface area (Å²) in [5.41, 5.74) is 0.519. The SMILES string of the molecule is CC(C)(C)OC(=O)CC[C@@H](NC(=O)c1ccc(Cl)s1)C(=O)Nc1ccc(N2CCOCC2=O)cc1. The van der Waals surface area contributed by atoms with Gasteiger partial charge in [-0.25, -0.2) is 0 Å². The second kappa shape index (κ2) is 11.7. The van der Waals surface area contributed by atoms with Crippen LogP contribution in [0.1, 0.15) is 43.3 Å². The predicted molar refractivity (Wildman–Crippen MR) is 134 cm³/mol. The van der Waals surface area contributed by atoms with Crippen LogP contribution in [0.4, 0.5) is 11.4 Å². The molecule has 0 bridgehead atoms. The first-order valence-corrected chi connectivity index (χ1v) is 12.3. The molecule has 11 heteroatoms. The number of carbonyl (C=O) groups excluding carboxylic acids is 4. The van der Waals surface area contributed by atoms with Crippen LogP contribution in [0, 0.1) is 0 Å². The fraction of sp³-hybridized carbons (Fsp3) is 0.417. The number of benzene rings is 1. The van der Waals surface area contributed by atoms with Gasteiger partial charge in [-0.2, -0.15) is 0 Å². The third kappa shape index (κ3) is 8.05. The van der Waals surface area contributed by atoms with Gasteiger partial charge in [-0.15, -0.1) is 11.3 Å². The first-order valence-electron chi connectivity index (χ1n) is 11.1. The fourth-order valence-electron chi connectivity index (χ4n) is 3.33. The van der Waals surface area contributed by atoms with Crippen molar-refractivity contribution in [1.82, 2.24) is 5.32 Å². The first-order chi connectivity index (χ1) is 16.5. The summed E-state index contributed by atoms with van der Waals surface area (Å²) in [6, 6.07) is 8.95. The summed E-state index contributed by atoms with van der Waals surface area (Å²) < 4.78 is 10.9. The van der Waals surface area contributed by atoms with Gasteiger partial charge in [0.05, 0.1) is 15.8 Å². The maximum Gasteiger partial charge on any atom is 0.306 e. The normalized spacial score (nSPS) is 14.9. The summed E-state index contributed by atoms with van der Waals surface area (Å²) in [7, 11) is 0. The molecule has 0 spiro atoms. The highest BCUT2D eigenvalue weighted by Crippen LogP contribution is 2.22. The molecule has 188 valence electrons. The number of nitrogens with one attached hydrogen (secondary N) is 2. The molecular weight excluding hydrogens is 494 g/mol. The fourth-order valence-corrected chi connectivity index (χ4v) is 4.28. The molecule has 2 N–H and O–H groups in total. The minimum absolute atomic E-state index is 0.0347. The van der Waals surface area contributed by atoms with Crippen molar-refractivity contribution in [2.75, 3.05) is 30.0 Å². The van der Waals surface area contributed by atoms with Gasteiger partial charge in [0.2, 0.25) is 5.91 Å². The number of carbonyl (C=O) groups is 4. The zero-order valence-corrected chi connectivity index (χ0v) is 21.3. The summed E-state index contributed by atoms with van der Waals surface area (Å²) in [5.74, 6) is -1.55. The number of anilines is 2. The minimum atomic E-state index is -0.989. The zero-order valence-electron chi connectivity index (χ0n) is 19.8. The smallest absolute Gasteiger partial charge is 0.306 e. The maximum absolute atomic E-state index is 13.0. The molecule has 2 aromatic rings. The van der Waals surface area contributed by atoms with Crippen LogP contribution in [-0.2, 0) is 23.9 Å². The third-order valence-corrected chi connectivity index (χ3v) is 6.14. The van der Waals surface area contributed by atoms with E-state index >= 15 is 0 Å². The Labute approximate surface area is 212 Å². The second-order valence-corrected chi connectivity index (χ2v) is 10.6. The molecule has 1 aliphatic rings. The van der Waals surface area contributed by atoms with E-state index < -0.39 is 29.4 Å². The highest BCUT2D eigenvalue weighted by Gasteiger charge is 2.25. The second-order valence-electron chi connectivity index (χ2n) is 8.89. The average Bonchev–Trinajstić information content (AvgIpc) is 3.22. The molecule has 3 rings (SSSR count). The molecule has 0 radical (unpaired) electrons. The number of amides is 3. The molecule has 0 aliphatic carbocycles. The van der Waals surface area contributed by atoms with Crippen molar-refractivity contribution in [1.29, 1.82) is 0 Å². The Bertz CT molecular complexity index is 1080. The van der Waals surface area contributed by atoms with Crippen molar-refractivity contribution in [2.45, 2.75) is 45.3 Å². The van der Waals surface area contributed by atoms with Gasteiger partial charge in [0.1, 0.15) is 18.2 Å². The first kappa shape index (κ1) is 26.7. The summed E-state index contributed by atoms with van der Waals surface area (Å²) in [6.07, 6.45) is -0.00906. The van der Waals surface area contributed by atoms with Crippen molar-refractivity contribution in [3.8, 4) is 0 Å². The summed E-state index contributed by atoms with van der Waals surface area (Å²) in [6.45, 7) is 6.21. The van der Waals surface area contributed by atoms with Gasteiger partial charge in [0.15, 0.2) is 0 Å². The van der Waals surface area contributed by atoms with Crippen LogP contribution in [0.25, 0.3) is 0 Å². The van der Waals surface area contributed by atoms with E-state index in [0.717, 1.165) is 11.3 Å². The number of morpholine rings is 1. The van der Waals surface area contributed by atoms with E-state index in [-0.39, 0.29) is 25.4 Å². The van der Waals surface area contributed by atoms with E-state index in [4.69, 9.17) is 21.1 Å². The lowest BCUT2D eigenvalue weighted by Gasteiger charge is -2.27. The average molecular weight is 522 g/mol. The maximum atomic E-state index is 13.0. The van der Waals surface area contributed by atoms with Crippen LogP contribution in [0.3, 0.4) is 0 Å². The minimum Gasteiger partial charge on any atom is -0.460 e. The number of hydrogen-bond acceptors (Lipinski definition) is 7. The molecule has 9 nitrogen and oxygen atoms in total. The Morgan fingerprint density at radius 3 is 2.49 bits per heavy atom. The molecule has 1 saturated heterocycles. The van der Waals surface area contributed by atoms with E-state index in [1.54, 1.807) is 62.1 Å². The molecule has 1 aromatic carbocycles. The zero-order chi connectivity index (χ0) is 25.6. The molecule has 35 heavy (non-hydrogen) atoms. The Hall–Kier alpha value is -2.95. The van der Waals surface area contributed by atoms with E-state index in [0.29, 0.717) is 33.7 Å². The largest absolute Gasteiger partial charge is 0.460 e. The van der Waals surface area contributed by atoms with Gasteiger partial charge >= 0.3 is 5.97 Å². The lowest BCUT2D eigenvalue weighted by Crippen LogP contribution is -2.44. The lowest BCUT2D eigenvalue weighted by molar-refractivity contribution is -0.155. The Kier molecular flexibility index (Phi) is 8.87. The van der Waals surface area contributed by atoms with Gasteiger partial charge in [-0.05, 0) is 63.6 Å². The standard InChI is InChI=1S/C24H28ClN3O6S/c1-24(2,3)34-21(30)11-8-17(27-23(32)18-9-10-19(25)35-18)22(31)26-15-4-6-16(7-5-15)28-12-13-33-14-20(28)29/h4-7,9-10,17H,8,11-14H2,1-3H3,(H,26,31)(H,27,32)/t17-/m1/s1. The summed E-state index contributed by atoms with van der Waals surface area (Å²) in [5, 5.41) is 5.44. The van der Waals surface area contributed by atoms with Crippen molar-refractivity contribution in [2.24, 2.45) is 0 Å². The van der Waals surface area contributed by atoms with Crippen molar-refractivity contribution in [3.05, 3.63) is 45.6 Å². The van der Waals surface area contributed by atoms with Crippen LogP contribution in [0.5, 0.6) is 0 Å². The van der Waals surface area contributed by atoms with Crippen molar-refractivity contribution < 1.29 is 28.7 Å². The molecule has 1 aliphatic heterocycles. The topological polar surface area (TPSA) is 114 Å². The van der Waals surface area contributed by atoms with Crippen molar-refractivity contribution in [3.63, 3.8) is 0 Å². The van der Waals surface area contributed by atoms with Crippen LogP contribution in [0.15, 0.2) is 36.4 Å². The number of nitrogens with zero attached hydrogens (tertiary/aromatic N) is 1. The number of ether oxygens (including phenoxy) is 2. The van der Waals surface area contributed by atoms with E-state index in [1.807, 2.05) is 0 Å². The lowest BCUT2D eigenvalue weighted by atomic mass is 10.1. The molecule has 3 amide bonds. The van der Waals surface area contributed by atoms with Crippen LogP contribution < -0.4 is 15.5 Å². The molecule has 1 atom stereocenters. The molecule has 0 unspecified atom stereocenters. The van der Waals surface area contributed by atoms with Crippen LogP contribution in [0.2, 0.25) is 4.34 Å². The van der Waals surface area contributed by atoms with Crippen LogP contribution in [-0.4, -0.2) is 55.1 Å². The monoisotopic (exact) mass is 521 g/mol. The molecular formula is C24H28ClN3O6S.